The summed E-state index contributed by atoms with van der Waals surface area (Å²) < 4.78 is 12.0. The molecule has 0 aliphatic heterocycles. The molecular weight excluding hydrogens is 350 g/mol. The molecule has 0 heterocycles. The number of nitrogens with zero attached hydrogens (tertiary/aromatic N) is 1. The normalized spacial score (nSPS) is 10.5. The number of hydrogen-bond acceptors (Lipinski definition) is 4. The fourth-order valence-electron chi connectivity index (χ4n) is 3.09. The number of carbonyl (C=O) groups is 1. The van der Waals surface area contributed by atoms with Gasteiger partial charge in [-0.3, -0.25) is 0 Å². The standard InChI is InChI=1S/C24H25NO3/c1-5-25(6-2)21-16-22(27-18-12-8-7-9-13-18)19-14-10-11-15-20(19)23(21)28-24(26)17(3)4/h7-16H,3,5-6H2,1-2,4H3. The molecular formula is C24H25NO3. The van der Waals surface area contributed by atoms with E-state index in [0.29, 0.717) is 11.3 Å². The number of ether oxygens (including phenoxy) is 2. The first-order chi connectivity index (χ1) is 13.5. The third-order valence-corrected chi connectivity index (χ3v) is 4.56. The van der Waals surface area contributed by atoms with E-state index in [0.717, 1.165) is 41.0 Å². The van der Waals surface area contributed by atoms with Crippen molar-refractivity contribution >= 4 is 22.4 Å². The molecule has 0 aliphatic carbocycles. The SMILES string of the molecule is C=C(C)C(=O)Oc1c(N(CC)CC)cc(Oc2ccccc2)c2ccccc12. The van der Waals surface area contributed by atoms with Crippen LogP contribution in [0.25, 0.3) is 10.8 Å². The molecule has 0 bridgehead atoms. The number of esters is 1. The molecule has 0 atom stereocenters. The van der Waals surface area contributed by atoms with Crippen molar-refractivity contribution < 1.29 is 14.3 Å². The minimum absolute atomic E-state index is 0.360. The third-order valence-electron chi connectivity index (χ3n) is 4.56. The van der Waals surface area contributed by atoms with Crippen LogP contribution in [0, 0.1) is 0 Å². The lowest BCUT2D eigenvalue weighted by Gasteiger charge is -2.26. The van der Waals surface area contributed by atoms with E-state index in [4.69, 9.17) is 9.47 Å². The van der Waals surface area contributed by atoms with Gasteiger partial charge in [-0.25, -0.2) is 4.79 Å². The number of anilines is 1. The average Bonchev–Trinajstić information content (AvgIpc) is 2.71. The van der Waals surface area contributed by atoms with Crippen LogP contribution in [0.5, 0.6) is 17.2 Å². The van der Waals surface area contributed by atoms with Gasteiger partial charge >= 0.3 is 5.97 Å². The van der Waals surface area contributed by atoms with E-state index < -0.39 is 5.97 Å². The zero-order chi connectivity index (χ0) is 20.1. The molecule has 0 N–H and O–H groups in total. The summed E-state index contributed by atoms with van der Waals surface area (Å²) in [6.07, 6.45) is 0. The van der Waals surface area contributed by atoms with Gasteiger partial charge < -0.3 is 14.4 Å². The zero-order valence-electron chi connectivity index (χ0n) is 16.6. The van der Waals surface area contributed by atoms with Gasteiger partial charge in [-0.05, 0) is 32.9 Å². The molecule has 0 aliphatic rings. The van der Waals surface area contributed by atoms with Gasteiger partial charge in [-0.15, -0.1) is 0 Å². The molecule has 0 amide bonds. The molecule has 28 heavy (non-hydrogen) atoms. The number of para-hydroxylation sites is 1. The maximum Gasteiger partial charge on any atom is 0.338 e. The lowest BCUT2D eigenvalue weighted by Crippen LogP contribution is -2.23. The average molecular weight is 375 g/mol. The third kappa shape index (κ3) is 4.01. The predicted octanol–water partition coefficient (Wildman–Crippen LogP) is 5.96. The number of benzene rings is 3. The zero-order valence-corrected chi connectivity index (χ0v) is 16.6. The second kappa shape index (κ2) is 8.61. The van der Waals surface area contributed by atoms with Crippen LogP contribution >= 0.6 is 0 Å². The second-order valence-corrected chi connectivity index (χ2v) is 6.53. The largest absolute Gasteiger partial charge is 0.457 e. The van der Waals surface area contributed by atoms with E-state index in [-0.39, 0.29) is 0 Å². The molecule has 0 saturated heterocycles. The van der Waals surface area contributed by atoms with Crippen LogP contribution in [-0.2, 0) is 4.79 Å². The molecule has 4 nitrogen and oxygen atoms in total. The van der Waals surface area contributed by atoms with Gasteiger partial charge in [0.15, 0.2) is 5.75 Å². The lowest BCUT2D eigenvalue weighted by atomic mass is 10.1. The molecule has 0 saturated carbocycles. The van der Waals surface area contributed by atoms with Gasteiger partial charge in [0.1, 0.15) is 11.5 Å². The maximum absolute atomic E-state index is 12.3. The van der Waals surface area contributed by atoms with E-state index in [1.54, 1.807) is 6.92 Å². The smallest absolute Gasteiger partial charge is 0.338 e. The van der Waals surface area contributed by atoms with E-state index in [1.165, 1.54) is 0 Å². The van der Waals surface area contributed by atoms with Gasteiger partial charge in [0.25, 0.3) is 0 Å². The Morgan fingerprint density at radius 2 is 1.57 bits per heavy atom. The number of fused-ring (bicyclic) bond motifs is 1. The van der Waals surface area contributed by atoms with Crippen LogP contribution < -0.4 is 14.4 Å². The Hall–Kier alpha value is -3.27. The molecule has 0 radical (unpaired) electrons. The van der Waals surface area contributed by atoms with Crippen LogP contribution in [0.2, 0.25) is 0 Å². The summed E-state index contributed by atoms with van der Waals surface area (Å²) in [4.78, 5) is 14.5. The molecule has 3 aromatic carbocycles. The van der Waals surface area contributed by atoms with Crippen LogP contribution in [-0.4, -0.2) is 19.1 Å². The Morgan fingerprint density at radius 3 is 2.18 bits per heavy atom. The first-order valence-corrected chi connectivity index (χ1v) is 9.46. The lowest BCUT2D eigenvalue weighted by molar-refractivity contribution is -0.129. The number of rotatable bonds is 7. The minimum Gasteiger partial charge on any atom is -0.457 e. The molecule has 0 aromatic heterocycles. The summed E-state index contributed by atoms with van der Waals surface area (Å²) in [7, 11) is 0. The highest BCUT2D eigenvalue weighted by Gasteiger charge is 2.20. The molecule has 0 spiro atoms. The van der Waals surface area contributed by atoms with Gasteiger partial charge in [0.05, 0.1) is 5.69 Å². The van der Waals surface area contributed by atoms with Gasteiger partial charge in [0.2, 0.25) is 0 Å². The summed E-state index contributed by atoms with van der Waals surface area (Å²) in [6, 6.07) is 19.4. The summed E-state index contributed by atoms with van der Waals surface area (Å²) >= 11 is 0. The van der Waals surface area contributed by atoms with Crippen LogP contribution in [0.4, 0.5) is 5.69 Å². The molecule has 144 valence electrons. The summed E-state index contributed by atoms with van der Waals surface area (Å²) in [6.45, 7) is 11.0. The van der Waals surface area contributed by atoms with Crippen molar-refractivity contribution in [1.82, 2.24) is 0 Å². The van der Waals surface area contributed by atoms with Crippen LogP contribution in [0.3, 0.4) is 0 Å². The Balaban J connectivity index is 2.22. The van der Waals surface area contributed by atoms with Crippen molar-refractivity contribution in [1.29, 1.82) is 0 Å². The maximum atomic E-state index is 12.3. The minimum atomic E-state index is -0.435. The summed E-state index contributed by atoms with van der Waals surface area (Å²) in [5, 5.41) is 1.71. The topological polar surface area (TPSA) is 38.8 Å². The molecule has 0 unspecified atom stereocenters. The van der Waals surface area contributed by atoms with Crippen LogP contribution in [0.1, 0.15) is 20.8 Å². The number of hydrogen-bond donors (Lipinski definition) is 0. The Morgan fingerprint density at radius 1 is 0.964 bits per heavy atom. The van der Waals surface area contributed by atoms with E-state index in [9.17, 15) is 4.79 Å². The monoisotopic (exact) mass is 375 g/mol. The van der Waals surface area contributed by atoms with E-state index in [1.807, 2.05) is 60.7 Å². The van der Waals surface area contributed by atoms with Crippen molar-refractivity contribution in [2.24, 2.45) is 0 Å². The van der Waals surface area contributed by atoms with E-state index in [2.05, 4.69) is 25.3 Å². The van der Waals surface area contributed by atoms with Crippen molar-refractivity contribution in [3.63, 3.8) is 0 Å². The fourth-order valence-corrected chi connectivity index (χ4v) is 3.09. The van der Waals surface area contributed by atoms with Crippen molar-refractivity contribution in [3.05, 3.63) is 72.8 Å². The summed E-state index contributed by atoms with van der Waals surface area (Å²) in [5.74, 6) is 1.58. The number of carbonyl (C=O) groups excluding carboxylic acids is 1. The van der Waals surface area contributed by atoms with Crippen molar-refractivity contribution in [3.8, 4) is 17.2 Å². The fraction of sp³-hybridized carbons (Fsp3) is 0.208. The molecule has 0 fully saturated rings. The van der Waals surface area contributed by atoms with E-state index >= 15 is 0 Å². The highest BCUT2D eigenvalue weighted by molar-refractivity contribution is 6.01. The Kier molecular flexibility index (Phi) is 5.99. The van der Waals surface area contributed by atoms with Gasteiger partial charge in [-0.2, -0.15) is 0 Å². The quantitative estimate of drug-likeness (QED) is 0.290. The highest BCUT2D eigenvalue weighted by atomic mass is 16.5. The Labute approximate surface area is 166 Å². The Bertz CT molecular complexity index is 991. The predicted molar refractivity (Wildman–Crippen MR) is 114 cm³/mol. The molecule has 3 aromatic rings. The van der Waals surface area contributed by atoms with Gasteiger partial charge in [-0.1, -0.05) is 49.0 Å². The first-order valence-electron chi connectivity index (χ1n) is 9.46. The van der Waals surface area contributed by atoms with Crippen molar-refractivity contribution in [2.45, 2.75) is 20.8 Å². The molecule has 3 rings (SSSR count). The first kappa shape index (κ1) is 19.5. The highest BCUT2D eigenvalue weighted by Crippen LogP contribution is 2.43. The summed E-state index contributed by atoms with van der Waals surface area (Å²) in [5.41, 5.74) is 1.18. The van der Waals surface area contributed by atoms with Gasteiger partial charge in [0, 0.05) is 35.5 Å². The van der Waals surface area contributed by atoms with Crippen molar-refractivity contribution in [2.75, 3.05) is 18.0 Å². The second-order valence-electron chi connectivity index (χ2n) is 6.53. The van der Waals surface area contributed by atoms with Crippen LogP contribution in [0.15, 0.2) is 72.8 Å². The molecule has 4 heteroatoms.